The van der Waals surface area contributed by atoms with E-state index in [1.165, 1.54) is 0 Å². The van der Waals surface area contributed by atoms with Gasteiger partial charge in [0.1, 0.15) is 0 Å². The first kappa shape index (κ1) is 23.1. The zero-order valence-electron chi connectivity index (χ0n) is 17.9. The molecule has 0 unspecified atom stereocenters. The summed E-state index contributed by atoms with van der Waals surface area (Å²) in [7, 11) is 0. The van der Waals surface area contributed by atoms with Crippen molar-refractivity contribution in [2.45, 2.75) is 19.4 Å². The summed E-state index contributed by atoms with van der Waals surface area (Å²) in [5.74, 6) is -0.193. The Morgan fingerprint density at radius 2 is 1.82 bits per heavy atom. The van der Waals surface area contributed by atoms with Gasteiger partial charge in [0.05, 0.1) is 11.4 Å². The van der Waals surface area contributed by atoms with Gasteiger partial charge in [0.25, 0.3) is 5.91 Å². The molecular formula is C26H23BrClN3O2. The molecule has 168 valence electrons. The highest BCUT2D eigenvalue weighted by molar-refractivity contribution is 9.10. The van der Waals surface area contributed by atoms with Crippen LogP contribution < -0.4 is 11.1 Å². The number of likely N-dealkylation sites (tertiary alicyclic amines) is 1. The Balaban J connectivity index is 1.41. The van der Waals surface area contributed by atoms with Gasteiger partial charge in [-0.2, -0.15) is 0 Å². The van der Waals surface area contributed by atoms with Gasteiger partial charge >= 0.3 is 0 Å². The zero-order valence-corrected chi connectivity index (χ0v) is 20.2. The molecule has 7 heteroatoms. The Hall–Kier alpha value is -3.09. The first-order valence-electron chi connectivity index (χ1n) is 10.6. The summed E-state index contributed by atoms with van der Waals surface area (Å²) >= 11 is 9.31. The van der Waals surface area contributed by atoms with Crippen LogP contribution in [-0.4, -0.2) is 23.3 Å². The number of nitrogen functional groups attached to an aromatic ring is 1. The summed E-state index contributed by atoms with van der Waals surface area (Å²) in [6, 6.07) is 20.1. The molecule has 1 aliphatic rings. The highest BCUT2D eigenvalue weighted by Gasteiger charge is 2.23. The van der Waals surface area contributed by atoms with Crippen LogP contribution in [0.2, 0.25) is 5.02 Å². The summed E-state index contributed by atoms with van der Waals surface area (Å²) in [4.78, 5) is 27.4. The van der Waals surface area contributed by atoms with Gasteiger partial charge in [-0.15, -0.1) is 0 Å². The average Bonchev–Trinajstić information content (AvgIpc) is 2.80. The van der Waals surface area contributed by atoms with Gasteiger partial charge in [-0.1, -0.05) is 51.8 Å². The zero-order chi connectivity index (χ0) is 23.4. The molecule has 0 radical (unpaired) electrons. The lowest BCUT2D eigenvalue weighted by Gasteiger charge is -2.28. The number of benzene rings is 3. The fourth-order valence-electron chi connectivity index (χ4n) is 3.74. The van der Waals surface area contributed by atoms with Crippen LogP contribution in [0.15, 0.2) is 76.8 Å². The smallest absolute Gasteiger partial charge is 0.255 e. The number of rotatable bonds is 5. The van der Waals surface area contributed by atoms with Crippen molar-refractivity contribution in [1.29, 1.82) is 0 Å². The van der Waals surface area contributed by atoms with Crippen molar-refractivity contribution in [1.82, 2.24) is 4.90 Å². The molecule has 2 amide bonds. The number of nitrogens with zero attached hydrogens (tertiary/aromatic N) is 1. The van der Waals surface area contributed by atoms with Crippen LogP contribution in [0.25, 0.3) is 6.08 Å². The molecule has 0 bridgehead atoms. The summed E-state index contributed by atoms with van der Waals surface area (Å²) in [6.45, 7) is 1.21. The van der Waals surface area contributed by atoms with Crippen LogP contribution in [0.1, 0.15) is 34.3 Å². The maximum Gasteiger partial charge on any atom is 0.255 e. The van der Waals surface area contributed by atoms with Gasteiger partial charge in [0, 0.05) is 33.7 Å². The van der Waals surface area contributed by atoms with Crippen molar-refractivity contribution >= 4 is 56.8 Å². The number of carbonyl (C=O) groups is 2. The SMILES string of the molecule is Nc1cc(Br)ccc1NC(=O)c1ccc(CN2CCC/C(=C\c3ccc(Cl)cc3)C2=O)cc1. The number of anilines is 2. The molecule has 0 spiro atoms. The van der Waals surface area contributed by atoms with Gasteiger partial charge in [-0.05, 0) is 72.5 Å². The number of nitrogens with one attached hydrogen (secondary N) is 1. The molecule has 33 heavy (non-hydrogen) atoms. The molecule has 0 aliphatic carbocycles. The van der Waals surface area contributed by atoms with E-state index in [1.54, 1.807) is 24.3 Å². The Bertz CT molecular complexity index is 1210. The number of hydrogen-bond acceptors (Lipinski definition) is 3. The monoisotopic (exact) mass is 523 g/mol. The van der Waals surface area contributed by atoms with E-state index in [1.807, 2.05) is 53.4 Å². The molecule has 4 rings (SSSR count). The highest BCUT2D eigenvalue weighted by Crippen LogP contribution is 2.25. The largest absolute Gasteiger partial charge is 0.397 e. The van der Waals surface area contributed by atoms with E-state index in [2.05, 4.69) is 21.2 Å². The summed E-state index contributed by atoms with van der Waals surface area (Å²) in [6.07, 6.45) is 3.61. The first-order chi connectivity index (χ1) is 15.9. The van der Waals surface area contributed by atoms with Crippen LogP contribution in [0, 0.1) is 0 Å². The number of nitrogens with two attached hydrogens (primary N) is 1. The van der Waals surface area contributed by atoms with Crippen LogP contribution in [0.3, 0.4) is 0 Å². The van der Waals surface area contributed by atoms with E-state index in [-0.39, 0.29) is 11.8 Å². The minimum atomic E-state index is -0.238. The number of amides is 2. The van der Waals surface area contributed by atoms with Crippen molar-refractivity contribution in [3.63, 3.8) is 0 Å². The van der Waals surface area contributed by atoms with E-state index in [4.69, 9.17) is 17.3 Å². The van der Waals surface area contributed by atoms with Gasteiger partial charge in [-0.3, -0.25) is 9.59 Å². The van der Waals surface area contributed by atoms with E-state index < -0.39 is 0 Å². The molecule has 0 atom stereocenters. The second-order valence-corrected chi connectivity index (χ2v) is 9.29. The van der Waals surface area contributed by atoms with Crippen molar-refractivity contribution in [3.8, 4) is 0 Å². The fourth-order valence-corrected chi connectivity index (χ4v) is 4.25. The van der Waals surface area contributed by atoms with Crippen molar-refractivity contribution in [3.05, 3.63) is 98.5 Å². The minimum Gasteiger partial charge on any atom is -0.397 e. The average molecular weight is 525 g/mol. The fraction of sp³-hybridized carbons (Fsp3) is 0.154. The van der Waals surface area contributed by atoms with Gasteiger partial charge in [0.2, 0.25) is 5.91 Å². The second-order valence-electron chi connectivity index (χ2n) is 7.93. The molecule has 1 heterocycles. The summed E-state index contributed by atoms with van der Waals surface area (Å²) < 4.78 is 0.848. The molecular weight excluding hydrogens is 502 g/mol. The topological polar surface area (TPSA) is 75.4 Å². The predicted octanol–water partition coefficient (Wildman–Crippen LogP) is 6.14. The number of carbonyl (C=O) groups excluding carboxylic acids is 2. The number of halogens is 2. The molecule has 0 saturated carbocycles. The Kier molecular flexibility index (Phi) is 7.16. The van der Waals surface area contributed by atoms with Crippen LogP contribution in [0.4, 0.5) is 11.4 Å². The third-order valence-electron chi connectivity index (χ3n) is 5.50. The van der Waals surface area contributed by atoms with Crippen LogP contribution >= 0.6 is 27.5 Å². The molecule has 1 saturated heterocycles. The third-order valence-corrected chi connectivity index (χ3v) is 6.24. The maximum atomic E-state index is 13.0. The number of hydrogen-bond donors (Lipinski definition) is 2. The molecule has 1 aliphatic heterocycles. The van der Waals surface area contributed by atoms with E-state index >= 15 is 0 Å². The van der Waals surface area contributed by atoms with Gasteiger partial charge in [-0.25, -0.2) is 0 Å². The summed E-state index contributed by atoms with van der Waals surface area (Å²) in [5, 5.41) is 3.50. The molecule has 3 N–H and O–H groups in total. The summed E-state index contributed by atoms with van der Waals surface area (Å²) in [5.41, 5.74) is 10.3. The molecule has 3 aromatic rings. The minimum absolute atomic E-state index is 0.0451. The van der Waals surface area contributed by atoms with E-state index in [0.29, 0.717) is 35.1 Å². The normalized spacial score (nSPS) is 15.0. The molecule has 0 aromatic heterocycles. The van der Waals surface area contributed by atoms with Crippen molar-refractivity contribution < 1.29 is 9.59 Å². The number of piperidine rings is 1. The van der Waals surface area contributed by atoms with Crippen molar-refractivity contribution in [2.24, 2.45) is 0 Å². The van der Waals surface area contributed by atoms with Crippen LogP contribution in [0.5, 0.6) is 0 Å². The second kappa shape index (κ2) is 10.2. The maximum absolute atomic E-state index is 13.0. The van der Waals surface area contributed by atoms with E-state index in [9.17, 15) is 9.59 Å². The van der Waals surface area contributed by atoms with Crippen molar-refractivity contribution in [2.75, 3.05) is 17.6 Å². The lowest BCUT2D eigenvalue weighted by atomic mass is 10.00. The molecule has 5 nitrogen and oxygen atoms in total. The first-order valence-corrected chi connectivity index (χ1v) is 11.8. The Morgan fingerprint density at radius 3 is 2.52 bits per heavy atom. The van der Waals surface area contributed by atoms with E-state index in [0.717, 1.165) is 34.0 Å². The van der Waals surface area contributed by atoms with Crippen LogP contribution in [-0.2, 0) is 11.3 Å². The standard InChI is InChI=1S/C26H23BrClN3O2/c27-21-9-12-24(23(29)15-21)30-25(32)19-7-3-18(4-8-19)16-31-13-1-2-20(26(31)33)14-17-5-10-22(28)11-6-17/h3-12,14-15H,1-2,13,16,29H2,(H,30,32)/b20-14+. The van der Waals surface area contributed by atoms with Gasteiger partial charge in [0.15, 0.2) is 0 Å². The highest BCUT2D eigenvalue weighted by atomic mass is 79.9. The molecule has 1 fully saturated rings. The Morgan fingerprint density at radius 1 is 1.09 bits per heavy atom. The predicted molar refractivity (Wildman–Crippen MR) is 137 cm³/mol. The quantitative estimate of drug-likeness (QED) is 0.311. The molecule has 3 aromatic carbocycles. The lowest BCUT2D eigenvalue weighted by Crippen LogP contribution is -2.36. The lowest BCUT2D eigenvalue weighted by molar-refractivity contribution is -0.129. The van der Waals surface area contributed by atoms with Gasteiger partial charge < -0.3 is 16.0 Å². The Labute approximate surface area is 206 Å². The third kappa shape index (κ3) is 5.83.